The van der Waals surface area contributed by atoms with E-state index in [1.807, 2.05) is 37.3 Å². The molecule has 0 bridgehead atoms. The van der Waals surface area contributed by atoms with Gasteiger partial charge in [0.15, 0.2) is 0 Å². The van der Waals surface area contributed by atoms with E-state index in [9.17, 15) is 9.18 Å². The Bertz CT molecular complexity index is 508. The van der Waals surface area contributed by atoms with Crippen molar-refractivity contribution in [3.63, 3.8) is 0 Å². The van der Waals surface area contributed by atoms with Gasteiger partial charge in [-0.2, -0.15) is 0 Å². The number of alkyl halides is 1. The number of benzene rings is 1. The van der Waals surface area contributed by atoms with Crippen molar-refractivity contribution in [2.75, 3.05) is 13.2 Å². The second kappa shape index (κ2) is 9.90. The van der Waals surface area contributed by atoms with Crippen LogP contribution in [0.25, 0.3) is 5.57 Å². The Morgan fingerprint density at radius 3 is 2.59 bits per heavy atom. The van der Waals surface area contributed by atoms with Crippen molar-refractivity contribution in [1.82, 2.24) is 10.6 Å². The molecule has 0 radical (unpaired) electrons. The highest BCUT2D eigenvalue weighted by atomic mass is 19.1. The quantitative estimate of drug-likeness (QED) is 0.543. The summed E-state index contributed by atoms with van der Waals surface area (Å²) >= 11 is 0. The number of rotatable bonds is 9. The maximum Gasteiger partial charge on any atom is 0.217 e. The molecule has 0 spiro atoms. The largest absolute Gasteiger partial charge is 0.350 e. The van der Waals surface area contributed by atoms with E-state index in [1.165, 1.54) is 6.92 Å². The van der Waals surface area contributed by atoms with Gasteiger partial charge in [-0.1, -0.05) is 43.0 Å². The normalized spacial score (nSPS) is 12.8. The van der Waals surface area contributed by atoms with Crippen molar-refractivity contribution < 1.29 is 9.18 Å². The first-order valence-electron chi connectivity index (χ1n) is 7.54. The second-order valence-corrected chi connectivity index (χ2v) is 5.20. The highest BCUT2D eigenvalue weighted by Crippen LogP contribution is 2.19. The molecule has 1 aromatic rings. The van der Waals surface area contributed by atoms with Crippen LogP contribution in [0.5, 0.6) is 0 Å². The Labute approximate surface area is 132 Å². The van der Waals surface area contributed by atoms with Gasteiger partial charge in [0, 0.05) is 13.5 Å². The third-order valence-electron chi connectivity index (χ3n) is 3.29. The number of hydrogen-bond donors (Lipinski definition) is 2. The predicted molar refractivity (Wildman–Crippen MR) is 90.2 cm³/mol. The molecule has 1 rings (SSSR count). The molecule has 4 heteroatoms. The molecule has 22 heavy (non-hydrogen) atoms. The molecule has 0 aromatic heterocycles. The molecule has 1 aromatic carbocycles. The molecule has 2 N–H and O–H groups in total. The average molecular weight is 304 g/mol. The number of hydrogen-bond acceptors (Lipinski definition) is 2. The Balaban J connectivity index is 2.74. The van der Waals surface area contributed by atoms with E-state index in [-0.39, 0.29) is 18.6 Å². The fourth-order valence-corrected chi connectivity index (χ4v) is 2.24. The van der Waals surface area contributed by atoms with Crippen molar-refractivity contribution in [3.8, 4) is 0 Å². The molecule has 0 heterocycles. The van der Waals surface area contributed by atoms with E-state index >= 15 is 0 Å². The predicted octanol–water partition coefficient (Wildman–Crippen LogP) is 3.23. The molecule has 1 atom stereocenters. The monoisotopic (exact) mass is 304 g/mol. The molecular formula is C18H25FN2O. The molecule has 1 unspecified atom stereocenters. The third-order valence-corrected chi connectivity index (χ3v) is 3.29. The number of carbonyl (C=O) groups excluding carboxylic acids is 1. The van der Waals surface area contributed by atoms with Gasteiger partial charge in [-0.25, -0.2) is 0 Å². The van der Waals surface area contributed by atoms with E-state index in [0.717, 1.165) is 23.2 Å². The zero-order chi connectivity index (χ0) is 16.4. The first-order valence-corrected chi connectivity index (χ1v) is 7.54. The van der Waals surface area contributed by atoms with E-state index in [4.69, 9.17) is 0 Å². The molecule has 120 valence electrons. The number of allylic oxidation sites excluding steroid dienone is 2. The summed E-state index contributed by atoms with van der Waals surface area (Å²) in [6.07, 6.45) is 4.17. The zero-order valence-corrected chi connectivity index (χ0v) is 13.4. The fourth-order valence-electron chi connectivity index (χ4n) is 2.24. The maximum absolute atomic E-state index is 12.0. The molecule has 0 aliphatic heterocycles. The minimum atomic E-state index is -0.289. The van der Waals surface area contributed by atoms with Gasteiger partial charge in [-0.05, 0) is 36.6 Å². The van der Waals surface area contributed by atoms with Crippen LogP contribution in [0.2, 0.25) is 0 Å². The average Bonchev–Trinajstić information content (AvgIpc) is 2.49. The first kappa shape index (κ1) is 18.1. The third kappa shape index (κ3) is 6.22. The summed E-state index contributed by atoms with van der Waals surface area (Å²) in [6.45, 7) is 8.30. The lowest BCUT2D eigenvalue weighted by atomic mass is 9.98. The summed E-state index contributed by atoms with van der Waals surface area (Å²) in [6, 6.07) is 8.05. The van der Waals surface area contributed by atoms with Gasteiger partial charge in [0.2, 0.25) is 5.91 Å². The number of amides is 1. The van der Waals surface area contributed by atoms with Crippen LogP contribution in [0.4, 0.5) is 4.39 Å². The number of halogens is 1. The maximum atomic E-state index is 12.0. The van der Waals surface area contributed by atoms with Crippen LogP contribution in [0.15, 0.2) is 43.0 Å². The highest BCUT2D eigenvalue weighted by molar-refractivity contribution is 5.79. The molecule has 0 aliphatic rings. The summed E-state index contributed by atoms with van der Waals surface area (Å²) < 4.78 is 12.0. The summed E-state index contributed by atoms with van der Waals surface area (Å²) in [4.78, 5) is 11.2. The smallest absolute Gasteiger partial charge is 0.217 e. The van der Waals surface area contributed by atoms with Crippen molar-refractivity contribution in [3.05, 3.63) is 54.1 Å². The molecule has 0 saturated carbocycles. The van der Waals surface area contributed by atoms with Gasteiger partial charge in [-0.3, -0.25) is 9.18 Å². The lowest BCUT2D eigenvalue weighted by molar-refractivity contribution is -0.119. The van der Waals surface area contributed by atoms with Crippen LogP contribution in [-0.4, -0.2) is 25.2 Å². The summed E-state index contributed by atoms with van der Waals surface area (Å²) in [5.41, 5.74) is 3.21. The molecule has 0 fully saturated rings. The lowest BCUT2D eigenvalue weighted by Crippen LogP contribution is -2.31. The number of nitrogens with one attached hydrogen (secondary N) is 2. The van der Waals surface area contributed by atoms with E-state index in [0.29, 0.717) is 13.0 Å². The van der Waals surface area contributed by atoms with Gasteiger partial charge in [0.05, 0.1) is 12.7 Å². The van der Waals surface area contributed by atoms with Gasteiger partial charge in [0.1, 0.15) is 0 Å². The molecular weight excluding hydrogens is 279 g/mol. The van der Waals surface area contributed by atoms with Crippen LogP contribution >= 0.6 is 0 Å². The lowest BCUT2D eigenvalue weighted by Gasteiger charge is -2.17. The van der Waals surface area contributed by atoms with Gasteiger partial charge >= 0.3 is 0 Å². The fraction of sp³-hybridized carbons (Fsp3) is 0.389. The topological polar surface area (TPSA) is 41.1 Å². The summed E-state index contributed by atoms with van der Waals surface area (Å²) in [7, 11) is 0. The SMILES string of the molecule is C=C/C=C(/c1ccc(CNCCCF)cc1)C(C)NC(C)=O. The van der Waals surface area contributed by atoms with E-state index < -0.39 is 0 Å². The Morgan fingerprint density at radius 2 is 2.05 bits per heavy atom. The van der Waals surface area contributed by atoms with Crippen LogP contribution in [0, 0.1) is 0 Å². The molecule has 3 nitrogen and oxygen atoms in total. The van der Waals surface area contributed by atoms with Crippen molar-refractivity contribution in [1.29, 1.82) is 0 Å². The highest BCUT2D eigenvalue weighted by Gasteiger charge is 2.11. The Hall–Kier alpha value is -1.94. The van der Waals surface area contributed by atoms with Crippen LogP contribution in [0.3, 0.4) is 0 Å². The summed E-state index contributed by atoms with van der Waals surface area (Å²) in [5.74, 6) is -0.0591. The van der Waals surface area contributed by atoms with Crippen LogP contribution in [-0.2, 0) is 11.3 Å². The van der Waals surface area contributed by atoms with Crippen LogP contribution < -0.4 is 10.6 Å². The molecule has 0 saturated heterocycles. The van der Waals surface area contributed by atoms with Crippen molar-refractivity contribution >= 4 is 11.5 Å². The van der Waals surface area contributed by atoms with E-state index in [1.54, 1.807) is 6.08 Å². The Morgan fingerprint density at radius 1 is 1.36 bits per heavy atom. The van der Waals surface area contributed by atoms with Crippen LogP contribution in [0.1, 0.15) is 31.4 Å². The second-order valence-electron chi connectivity index (χ2n) is 5.20. The van der Waals surface area contributed by atoms with Gasteiger partial charge in [0.25, 0.3) is 0 Å². The molecule has 0 aliphatic carbocycles. The minimum Gasteiger partial charge on any atom is -0.350 e. The first-order chi connectivity index (χ1) is 10.6. The summed E-state index contributed by atoms with van der Waals surface area (Å²) in [5, 5.41) is 6.08. The van der Waals surface area contributed by atoms with Gasteiger partial charge < -0.3 is 10.6 Å². The standard InChI is InChI=1S/C18H25FN2O/c1-4-6-18(14(2)21-15(3)22)17-9-7-16(8-10-17)13-20-12-5-11-19/h4,6-10,14,20H,1,5,11-13H2,2-3H3,(H,21,22)/b18-6+. The van der Waals surface area contributed by atoms with Gasteiger partial charge in [-0.15, -0.1) is 0 Å². The van der Waals surface area contributed by atoms with Crippen molar-refractivity contribution in [2.45, 2.75) is 32.9 Å². The zero-order valence-electron chi connectivity index (χ0n) is 13.4. The Kier molecular flexibility index (Phi) is 8.15. The number of carbonyl (C=O) groups is 1. The van der Waals surface area contributed by atoms with E-state index in [2.05, 4.69) is 17.2 Å². The minimum absolute atomic E-state index is 0.0591. The van der Waals surface area contributed by atoms with Crippen molar-refractivity contribution in [2.24, 2.45) is 0 Å². The molecule has 1 amide bonds.